The summed E-state index contributed by atoms with van der Waals surface area (Å²) in [4.78, 5) is 12.1. The van der Waals surface area contributed by atoms with Crippen molar-refractivity contribution in [2.75, 3.05) is 19.0 Å². The molecule has 1 unspecified atom stereocenters. The maximum atomic E-state index is 12.1. The molecule has 1 atom stereocenters. The van der Waals surface area contributed by atoms with E-state index in [2.05, 4.69) is 20.1 Å². The molecule has 0 aliphatic heterocycles. The number of nitrogens with one attached hydrogen (secondary N) is 1. The highest BCUT2D eigenvalue weighted by molar-refractivity contribution is 8.00. The van der Waals surface area contributed by atoms with Crippen molar-refractivity contribution in [3.63, 3.8) is 0 Å². The first-order valence-corrected chi connectivity index (χ1v) is 11.1. The van der Waals surface area contributed by atoms with Gasteiger partial charge in [-0.2, -0.15) is 0 Å². The highest BCUT2D eigenvalue weighted by Gasteiger charge is 2.26. The first kappa shape index (κ1) is 21.5. The van der Waals surface area contributed by atoms with E-state index in [1.165, 1.54) is 31.0 Å². The van der Waals surface area contributed by atoms with E-state index in [0.29, 0.717) is 19.2 Å². The molecule has 2 aromatic rings. The molecule has 3 rings (SSSR count). The Labute approximate surface area is 176 Å². The number of thioether (sulfide) groups is 1. The van der Waals surface area contributed by atoms with Crippen LogP contribution in [0, 0.1) is 0 Å². The minimum absolute atomic E-state index is 0.216. The van der Waals surface area contributed by atoms with Crippen LogP contribution in [0.3, 0.4) is 0 Å². The second kappa shape index (κ2) is 10.5. The average molecular weight is 419 g/mol. The van der Waals surface area contributed by atoms with Crippen LogP contribution in [0.4, 0.5) is 5.69 Å². The number of anilines is 1. The quantitative estimate of drug-likeness (QED) is 0.476. The molecular formula is C21H30N4O3S. The zero-order valence-electron chi connectivity index (χ0n) is 17.4. The van der Waals surface area contributed by atoms with Crippen LogP contribution in [0.25, 0.3) is 0 Å². The maximum Gasteiger partial charge on any atom is 0.319 e. The molecule has 0 radical (unpaired) electrons. The summed E-state index contributed by atoms with van der Waals surface area (Å²) in [6, 6.07) is 8.20. The number of rotatable bonds is 9. The van der Waals surface area contributed by atoms with Crippen LogP contribution < -0.4 is 10.1 Å². The predicted octanol–water partition coefficient (Wildman–Crippen LogP) is 4.45. The van der Waals surface area contributed by atoms with Crippen molar-refractivity contribution in [1.29, 1.82) is 0 Å². The molecule has 0 amide bonds. The van der Waals surface area contributed by atoms with Crippen molar-refractivity contribution in [2.45, 2.75) is 68.9 Å². The zero-order valence-corrected chi connectivity index (χ0v) is 18.2. The number of ether oxygens (including phenoxy) is 2. The molecule has 8 heteroatoms. The number of carbonyl (C=O) groups is 1. The molecule has 1 saturated carbocycles. The molecule has 1 aliphatic carbocycles. The Morgan fingerprint density at radius 1 is 1.31 bits per heavy atom. The summed E-state index contributed by atoms with van der Waals surface area (Å²) in [7, 11) is 1.66. The van der Waals surface area contributed by atoms with Crippen LogP contribution in [0.1, 0.15) is 57.8 Å². The SMILES string of the molecule is CCOC(=O)C(C)Sc1nnc(CNc2cccc(OC)c2)n1C1CCCCC1. The topological polar surface area (TPSA) is 78.3 Å². The van der Waals surface area contributed by atoms with E-state index in [4.69, 9.17) is 9.47 Å². The van der Waals surface area contributed by atoms with Crippen LogP contribution in [0.5, 0.6) is 5.75 Å². The second-order valence-electron chi connectivity index (χ2n) is 7.16. The van der Waals surface area contributed by atoms with Gasteiger partial charge in [-0.15, -0.1) is 10.2 Å². The molecule has 158 valence electrons. The Morgan fingerprint density at radius 2 is 2.10 bits per heavy atom. The van der Waals surface area contributed by atoms with Gasteiger partial charge < -0.3 is 19.4 Å². The molecule has 7 nitrogen and oxygen atoms in total. The van der Waals surface area contributed by atoms with E-state index in [1.807, 2.05) is 38.1 Å². The molecule has 29 heavy (non-hydrogen) atoms. The summed E-state index contributed by atoms with van der Waals surface area (Å²) in [5.74, 6) is 1.48. The van der Waals surface area contributed by atoms with E-state index in [9.17, 15) is 4.79 Å². The summed E-state index contributed by atoms with van der Waals surface area (Å²) in [5.41, 5.74) is 0.969. The molecule has 1 heterocycles. The largest absolute Gasteiger partial charge is 0.497 e. The van der Waals surface area contributed by atoms with Crippen molar-refractivity contribution in [3.05, 3.63) is 30.1 Å². The molecule has 1 aromatic heterocycles. The molecule has 0 saturated heterocycles. The maximum absolute atomic E-state index is 12.1. The van der Waals surface area contributed by atoms with Crippen LogP contribution in [-0.4, -0.2) is 39.7 Å². The summed E-state index contributed by atoms with van der Waals surface area (Å²) in [6.07, 6.45) is 5.93. The summed E-state index contributed by atoms with van der Waals surface area (Å²) in [6.45, 7) is 4.62. The number of methoxy groups -OCH3 is 1. The van der Waals surface area contributed by atoms with Gasteiger partial charge in [0, 0.05) is 17.8 Å². The fourth-order valence-electron chi connectivity index (χ4n) is 3.59. The Kier molecular flexibility index (Phi) is 7.80. The Morgan fingerprint density at radius 3 is 2.83 bits per heavy atom. The molecule has 0 spiro atoms. The van der Waals surface area contributed by atoms with Gasteiger partial charge in [0.15, 0.2) is 11.0 Å². The predicted molar refractivity (Wildman–Crippen MR) is 114 cm³/mol. The Hall–Kier alpha value is -2.22. The number of hydrogen-bond acceptors (Lipinski definition) is 7. The van der Waals surface area contributed by atoms with Gasteiger partial charge in [0.1, 0.15) is 11.0 Å². The molecule has 1 aliphatic rings. The summed E-state index contributed by atoms with van der Waals surface area (Å²) >= 11 is 1.43. The lowest BCUT2D eigenvalue weighted by Gasteiger charge is -2.26. The molecule has 1 aromatic carbocycles. The van der Waals surface area contributed by atoms with Crippen LogP contribution >= 0.6 is 11.8 Å². The number of aromatic nitrogens is 3. The van der Waals surface area contributed by atoms with Crippen molar-refractivity contribution in [1.82, 2.24) is 14.8 Å². The number of benzene rings is 1. The van der Waals surface area contributed by atoms with Crippen molar-refractivity contribution < 1.29 is 14.3 Å². The minimum Gasteiger partial charge on any atom is -0.497 e. The molecule has 1 fully saturated rings. The lowest BCUT2D eigenvalue weighted by molar-refractivity contribution is -0.142. The van der Waals surface area contributed by atoms with Crippen LogP contribution in [0.15, 0.2) is 29.4 Å². The van der Waals surface area contributed by atoms with Gasteiger partial charge in [-0.25, -0.2) is 0 Å². The van der Waals surface area contributed by atoms with Gasteiger partial charge >= 0.3 is 5.97 Å². The number of carbonyl (C=O) groups excluding carboxylic acids is 1. The number of nitrogens with zero attached hydrogens (tertiary/aromatic N) is 3. The highest BCUT2D eigenvalue weighted by atomic mass is 32.2. The van der Waals surface area contributed by atoms with Crippen molar-refractivity contribution in [2.24, 2.45) is 0 Å². The van der Waals surface area contributed by atoms with Gasteiger partial charge in [0.2, 0.25) is 0 Å². The highest BCUT2D eigenvalue weighted by Crippen LogP contribution is 2.34. The van der Waals surface area contributed by atoms with Gasteiger partial charge in [-0.05, 0) is 38.8 Å². The fraction of sp³-hybridized carbons (Fsp3) is 0.571. The third-order valence-electron chi connectivity index (χ3n) is 5.10. The lowest BCUT2D eigenvalue weighted by Crippen LogP contribution is -2.21. The lowest BCUT2D eigenvalue weighted by atomic mass is 9.95. The smallest absolute Gasteiger partial charge is 0.319 e. The Bertz CT molecular complexity index is 805. The number of hydrogen-bond donors (Lipinski definition) is 1. The zero-order chi connectivity index (χ0) is 20.6. The van der Waals surface area contributed by atoms with Gasteiger partial charge in [-0.1, -0.05) is 37.1 Å². The van der Waals surface area contributed by atoms with Crippen molar-refractivity contribution in [3.8, 4) is 5.75 Å². The van der Waals surface area contributed by atoms with E-state index in [0.717, 1.165) is 35.3 Å². The minimum atomic E-state index is -0.319. The number of esters is 1. The molecule has 0 bridgehead atoms. The Balaban J connectivity index is 1.78. The first-order valence-electron chi connectivity index (χ1n) is 10.3. The first-order chi connectivity index (χ1) is 14.1. The van der Waals surface area contributed by atoms with Crippen LogP contribution in [-0.2, 0) is 16.1 Å². The van der Waals surface area contributed by atoms with Gasteiger partial charge in [0.05, 0.1) is 20.3 Å². The molecular weight excluding hydrogens is 388 g/mol. The van der Waals surface area contributed by atoms with E-state index in [-0.39, 0.29) is 11.2 Å². The van der Waals surface area contributed by atoms with Gasteiger partial charge in [-0.3, -0.25) is 4.79 Å². The normalized spacial score (nSPS) is 15.7. The van der Waals surface area contributed by atoms with E-state index in [1.54, 1.807) is 7.11 Å². The third-order valence-corrected chi connectivity index (χ3v) is 6.13. The van der Waals surface area contributed by atoms with Crippen LogP contribution in [0.2, 0.25) is 0 Å². The third kappa shape index (κ3) is 5.65. The van der Waals surface area contributed by atoms with Crippen molar-refractivity contribution >= 4 is 23.4 Å². The van der Waals surface area contributed by atoms with Gasteiger partial charge in [0.25, 0.3) is 0 Å². The van der Waals surface area contributed by atoms with E-state index >= 15 is 0 Å². The average Bonchev–Trinajstić information content (AvgIpc) is 3.15. The monoisotopic (exact) mass is 418 g/mol. The summed E-state index contributed by atoms with van der Waals surface area (Å²) in [5, 5.41) is 12.8. The van der Waals surface area contributed by atoms with E-state index < -0.39 is 0 Å². The summed E-state index contributed by atoms with van der Waals surface area (Å²) < 4.78 is 12.7. The standard InChI is InChI=1S/C21H30N4O3S/c1-4-28-20(26)15(2)29-21-24-23-19(25(21)17-10-6-5-7-11-17)14-22-16-9-8-12-18(13-16)27-3/h8-9,12-13,15,17,22H,4-7,10-11,14H2,1-3H3. The molecule has 1 N–H and O–H groups in total. The second-order valence-corrected chi connectivity index (χ2v) is 8.47. The fourth-order valence-corrected chi connectivity index (χ4v) is 4.53.